The summed E-state index contributed by atoms with van der Waals surface area (Å²) in [6.07, 6.45) is 1.33. The topological polar surface area (TPSA) is 62.6 Å². The molecule has 1 aliphatic heterocycles. The number of aromatic nitrogens is 2. The van der Waals surface area contributed by atoms with Crippen LogP contribution in [0.15, 0.2) is 42.6 Å². The van der Waals surface area contributed by atoms with Crippen LogP contribution in [-0.2, 0) is 14.0 Å². The number of aryl methyl sites for hydroxylation is 1. The van der Waals surface area contributed by atoms with Crippen molar-refractivity contribution < 1.29 is 18.8 Å². The molecule has 0 aliphatic carbocycles. The zero-order valence-electron chi connectivity index (χ0n) is 20.1. The number of pyridine rings is 1. The molecule has 6 nitrogen and oxygen atoms in total. The second-order valence-electron chi connectivity index (χ2n) is 10.4. The summed E-state index contributed by atoms with van der Waals surface area (Å²) in [5.41, 5.74) is 2.76. The van der Waals surface area contributed by atoms with Gasteiger partial charge in [-0.05, 0) is 85.1 Å². The monoisotopic (exact) mass is 434 g/mol. The van der Waals surface area contributed by atoms with Crippen molar-refractivity contribution in [1.82, 2.24) is 9.55 Å². The Balaban J connectivity index is 1.83. The van der Waals surface area contributed by atoms with Crippen molar-refractivity contribution in [3.8, 4) is 11.3 Å². The number of hydrogen-bond donors (Lipinski definition) is 0. The quantitative estimate of drug-likeness (QED) is 0.526. The highest BCUT2D eigenvalue weighted by atomic mass is 16.7. The molecular weight excluding hydrogens is 403 g/mol. The lowest BCUT2D eigenvalue weighted by Crippen LogP contribution is -2.41. The van der Waals surface area contributed by atoms with Gasteiger partial charge in [0.25, 0.3) is 0 Å². The summed E-state index contributed by atoms with van der Waals surface area (Å²) in [5.74, 6) is 0. The number of benzene rings is 1. The van der Waals surface area contributed by atoms with E-state index < -0.39 is 30.0 Å². The Morgan fingerprint density at radius 1 is 1.03 bits per heavy atom. The van der Waals surface area contributed by atoms with Crippen LogP contribution >= 0.6 is 0 Å². The molecule has 7 heteroatoms. The Morgan fingerprint density at radius 3 is 2.28 bits per heavy atom. The van der Waals surface area contributed by atoms with Gasteiger partial charge in [-0.25, -0.2) is 9.36 Å². The van der Waals surface area contributed by atoms with Crippen molar-refractivity contribution in [3.05, 3.63) is 48.3 Å². The predicted molar refractivity (Wildman–Crippen MR) is 127 cm³/mol. The lowest BCUT2D eigenvalue weighted by atomic mass is 9.78. The maximum absolute atomic E-state index is 13.2. The van der Waals surface area contributed by atoms with Crippen molar-refractivity contribution in [3.63, 3.8) is 0 Å². The Kier molecular flexibility index (Phi) is 5.26. The van der Waals surface area contributed by atoms with Gasteiger partial charge >= 0.3 is 13.2 Å². The summed E-state index contributed by atoms with van der Waals surface area (Å²) in [6.45, 7) is 15.7. The molecule has 0 spiro atoms. The van der Waals surface area contributed by atoms with Crippen molar-refractivity contribution in [2.45, 2.75) is 72.2 Å². The molecule has 3 heterocycles. The third kappa shape index (κ3) is 4.07. The summed E-state index contributed by atoms with van der Waals surface area (Å²) in [7, 11) is -0.471. The molecule has 1 aliphatic rings. The van der Waals surface area contributed by atoms with Crippen molar-refractivity contribution in [1.29, 1.82) is 0 Å². The number of carbonyl (C=O) groups excluding carboxylic acids is 1. The maximum atomic E-state index is 13.2. The van der Waals surface area contributed by atoms with Gasteiger partial charge in [-0.3, -0.25) is 4.98 Å². The molecule has 0 saturated carbocycles. The first-order chi connectivity index (χ1) is 14.8. The van der Waals surface area contributed by atoms with Crippen LogP contribution in [0.2, 0.25) is 0 Å². The fraction of sp³-hybridized carbons (Fsp3) is 0.440. The highest BCUT2D eigenvalue weighted by molar-refractivity contribution is 6.62. The average molecular weight is 434 g/mol. The molecule has 0 radical (unpaired) electrons. The second-order valence-corrected chi connectivity index (χ2v) is 10.4. The van der Waals surface area contributed by atoms with Crippen LogP contribution in [-0.4, -0.2) is 39.6 Å². The first-order valence-corrected chi connectivity index (χ1v) is 10.9. The number of rotatable bonds is 2. The van der Waals surface area contributed by atoms with Crippen LogP contribution in [0.3, 0.4) is 0 Å². The van der Waals surface area contributed by atoms with E-state index in [0.29, 0.717) is 0 Å². The van der Waals surface area contributed by atoms with Crippen LogP contribution in [0.4, 0.5) is 4.79 Å². The highest BCUT2D eigenvalue weighted by Crippen LogP contribution is 2.37. The van der Waals surface area contributed by atoms with E-state index in [2.05, 4.69) is 4.98 Å². The average Bonchev–Trinajstić information content (AvgIpc) is 3.14. The van der Waals surface area contributed by atoms with Crippen molar-refractivity contribution in [2.75, 3.05) is 0 Å². The van der Waals surface area contributed by atoms with Crippen molar-refractivity contribution >= 4 is 29.6 Å². The van der Waals surface area contributed by atoms with Gasteiger partial charge in [-0.2, -0.15) is 0 Å². The van der Waals surface area contributed by atoms with E-state index in [0.717, 1.165) is 33.3 Å². The van der Waals surface area contributed by atoms with E-state index in [-0.39, 0.29) is 0 Å². The molecular formula is C25H31BN2O4. The van der Waals surface area contributed by atoms with E-state index in [4.69, 9.17) is 14.0 Å². The molecule has 2 aromatic heterocycles. The summed E-state index contributed by atoms with van der Waals surface area (Å²) in [6, 6.07) is 11.8. The fourth-order valence-electron chi connectivity index (χ4n) is 3.78. The van der Waals surface area contributed by atoms with E-state index >= 15 is 0 Å². The Labute approximate surface area is 190 Å². The van der Waals surface area contributed by atoms with Gasteiger partial charge < -0.3 is 14.0 Å². The van der Waals surface area contributed by atoms with Crippen LogP contribution in [0.25, 0.3) is 22.2 Å². The van der Waals surface area contributed by atoms with E-state index in [1.807, 2.05) is 91.8 Å². The van der Waals surface area contributed by atoms with Crippen LogP contribution < -0.4 is 5.46 Å². The molecule has 0 bridgehead atoms. The third-order valence-corrected chi connectivity index (χ3v) is 6.12. The minimum Gasteiger partial charge on any atom is -0.443 e. The fourth-order valence-corrected chi connectivity index (χ4v) is 3.78. The number of fused-ring (bicyclic) bond motifs is 1. The Morgan fingerprint density at radius 2 is 1.69 bits per heavy atom. The number of nitrogens with zero attached hydrogens (tertiary/aromatic N) is 2. The molecule has 1 aromatic carbocycles. The summed E-state index contributed by atoms with van der Waals surface area (Å²) in [5, 5.41) is 0.910. The molecule has 1 saturated heterocycles. The zero-order chi connectivity index (χ0) is 23.5. The molecule has 0 atom stereocenters. The van der Waals surface area contributed by atoms with E-state index in [1.54, 1.807) is 10.8 Å². The van der Waals surface area contributed by atoms with E-state index in [9.17, 15) is 4.79 Å². The summed E-state index contributed by atoms with van der Waals surface area (Å²) < 4.78 is 19.8. The van der Waals surface area contributed by atoms with Crippen LogP contribution in [0.1, 0.15) is 54.2 Å². The molecule has 0 amide bonds. The molecule has 3 aromatic rings. The Bertz CT molecular complexity index is 1170. The molecule has 0 unspecified atom stereocenters. The largest absolute Gasteiger partial charge is 0.494 e. The highest BCUT2D eigenvalue weighted by Gasteiger charge is 2.51. The van der Waals surface area contributed by atoms with Gasteiger partial charge in [0.05, 0.1) is 22.4 Å². The van der Waals surface area contributed by atoms with Gasteiger partial charge in [-0.15, -0.1) is 0 Å². The van der Waals surface area contributed by atoms with Gasteiger partial charge in [-0.1, -0.05) is 12.1 Å². The lowest BCUT2D eigenvalue weighted by molar-refractivity contribution is 0.00578. The first-order valence-electron chi connectivity index (χ1n) is 10.9. The number of hydrogen-bond acceptors (Lipinski definition) is 5. The minimum absolute atomic E-state index is 0.416. The zero-order valence-corrected chi connectivity index (χ0v) is 20.1. The van der Waals surface area contributed by atoms with Crippen LogP contribution in [0.5, 0.6) is 0 Å². The van der Waals surface area contributed by atoms with Gasteiger partial charge in [0.2, 0.25) is 0 Å². The molecule has 1 fully saturated rings. The van der Waals surface area contributed by atoms with Gasteiger partial charge in [0, 0.05) is 22.8 Å². The Hall–Kier alpha value is -2.64. The molecule has 168 valence electrons. The molecule has 4 rings (SSSR count). The lowest BCUT2D eigenvalue weighted by Gasteiger charge is -2.32. The van der Waals surface area contributed by atoms with Crippen LogP contribution in [0, 0.1) is 6.92 Å². The van der Waals surface area contributed by atoms with E-state index in [1.165, 1.54) is 0 Å². The molecule has 0 N–H and O–H groups in total. The predicted octanol–water partition coefficient (Wildman–Crippen LogP) is 5.09. The summed E-state index contributed by atoms with van der Waals surface area (Å²) >= 11 is 0. The van der Waals surface area contributed by atoms with Gasteiger partial charge in [0.1, 0.15) is 5.60 Å². The van der Waals surface area contributed by atoms with Gasteiger partial charge in [0.15, 0.2) is 0 Å². The SMILES string of the molecule is Cc1cc(-c2cc3cc(B4OC(C)(C)C(C)(C)O4)ccc3n2C(=O)OC(C)(C)C)ccn1. The third-order valence-electron chi connectivity index (χ3n) is 6.12. The summed E-state index contributed by atoms with van der Waals surface area (Å²) in [4.78, 5) is 17.5. The standard InChI is InChI=1S/C25H31BN2O4/c1-16-13-17(11-12-27-16)21-15-18-14-19(26-31-24(5,6)25(7,8)32-26)9-10-20(18)28(21)22(29)30-23(2,3)4/h9-15H,1-8H3. The normalized spacial score (nSPS) is 17.7. The van der Waals surface area contributed by atoms with Crippen molar-refractivity contribution in [2.24, 2.45) is 0 Å². The number of ether oxygens (including phenoxy) is 1. The maximum Gasteiger partial charge on any atom is 0.494 e. The minimum atomic E-state index is -0.609. The number of carbonyl (C=O) groups is 1. The molecule has 32 heavy (non-hydrogen) atoms. The smallest absolute Gasteiger partial charge is 0.443 e. The second kappa shape index (κ2) is 7.46. The first kappa shape index (κ1) is 22.6.